The zero-order valence-corrected chi connectivity index (χ0v) is 10.5. The van der Waals surface area contributed by atoms with Crippen LogP contribution in [0.5, 0.6) is 0 Å². The van der Waals surface area contributed by atoms with Crippen molar-refractivity contribution >= 4 is 0 Å². The molecule has 0 fully saturated rings. The largest absolute Gasteiger partial charge is 0.389 e. The zero-order chi connectivity index (χ0) is 11.4. The predicted octanol–water partition coefficient (Wildman–Crippen LogP) is 3.67. The lowest BCUT2D eigenvalue weighted by molar-refractivity contribution is 0.702. The van der Waals surface area contributed by atoms with E-state index in [0.29, 0.717) is 12.1 Å². The SMILES string of the molecule is C.CC=CNC(C)C.CC=CNC(C)C. The van der Waals surface area contributed by atoms with Crippen LogP contribution in [0.25, 0.3) is 0 Å². The molecule has 0 radical (unpaired) electrons. The molecule has 0 aliphatic heterocycles. The molecule has 92 valence electrons. The van der Waals surface area contributed by atoms with Crippen molar-refractivity contribution in [3.8, 4) is 0 Å². The molecule has 0 aliphatic rings. The Labute approximate surface area is 96.9 Å². The lowest BCUT2D eigenvalue weighted by Crippen LogP contribution is -2.14. The summed E-state index contributed by atoms with van der Waals surface area (Å²) in [5.41, 5.74) is 0. The standard InChI is InChI=1S/2C6H13N.CH4/c2*1-4-5-7-6(2)3;/h2*4-7H,1-3H3;1H4. The van der Waals surface area contributed by atoms with Gasteiger partial charge in [-0.3, -0.25) is 0 Å². The summed E-state index contributed by atoms with van der Waals surface area (Å²) in [7, 11) is 0. The molecule has 0 rings (SSSR count). The molecule has 2 N–H and O–H groups in total. The van der Waals surface area contributed by atoms with Gasteiger partial charge in [0, 0.05) is 12.1 Å². The maximum absolute atomic E-state index is 3.11. The maximum Gasteiger partial charge on any atom is 0.0199 e. The molecule has 0 aromatic carbocycles. The van der Waals surface area contributed by atoms with E-state index >= 15 is 0 Å². The molecule has 0 aliphatic carbocycles. The van der Waals surface area contributed by atoms with E-state index in [1.165, 1.54) is 0 Å². The second kappa shape index (κ2) is 15.5. The number of hydrogen-bond acceptors (Lipinski definition) is 2. The van der Waals surface area contributed by atoms with Crippen LogP contribution in [0.4, 0.5) is 0 Å². The minimum Gasteiger partial charge on any atom is -0.389 e. The van der Waals surface area contributed by atoms with Crippen molar-refractivity contribution in [3.63, 3.8) is 0 Å². The Bertz CT molecular complexity index is 129. The summed E-state index contributed by atoms with van der Waals surface area (Å²) in [4.78, 5) is 0. The fourth-order valence-corrected chi connectivity index (χ4v) is 0.577. The number of hydrogen-bond donors (Lipinski definition) is 2. The summed E-state index contributed by atoms with van der Waals surface area (Å²) in [6.07, 6.45) is 7.87. The van der Waals surface area contributed by atoms with E-state index in [1.807, 2.05) is 38.4 Å². The molecule has 0 aromatic rings. The number of rotatable bonds is 4. The van der Waals surface area contributed by atoms with Crippen LogP contribution in [0.1, 0.15) is 49.0 Å². The highest BCUT2D eigenvalue weighted by molar-refractivity contribution is 4.75. The summed E-state index contributed by atoms with van der Waals surface area (Å²) < 4.78 is 0. The molecule has 0 spiro atoms. The molecule has 0 aromatic heterocycles. The summed E-state index contributed by atoms with van der Waals surface area (Å²) in [5.74, 6) is 0. The van der Waals surface area contributed by atoms with Gasteiger partial charge in [0.1, 0.15) is 0 Å². The van der Waals surface area contributed by atoms with Crippen LogP contribution in [0.3, 0.4) is 0 Å². The molecule has 15 heavy (non-hydrogen) atoms. The van der Waals surface area contributed by atoms with Crippen molar-refractivity contribution in [2.45, 2.75) is 61.1 Å². The molecular weight excluding hydrogens is 184 g/mol. The van der Waals surface area contributed by atoms with E-state index in [2.05, 4.69) is 38.3 Å². The highest BCUT2D eigenvalue weighted by Gasteiger charge is 1.80. The van der Waals surface area contributed by atoms with Gasteiger partial charge >= 0.3 is 0 Å². The first-order valence-corrected chi connectivity index (χ1v) is 5.29. The van der Waals surface area contributed by atoms with Crippen LogP contribution < -0.4 is 10.6 Å². The lowest BCUT2D eigenvalue weighted by Gasteiger charge is -2.00. The van der Waals surface area contributed by atoms with Crippen molar-refractivity contribution in [3.05, 3.63) is 24.6 Å². The van der Waals surface area contributed by atoms with E-state index in [1.54, 1.807) is 0 Å². The van der Waals surface area contributed by atoms with Gasteiger partial charge in [0.25, 0.3) is 0 Å². The molecule has 0 unspecified atom stereocenters. The third-order valence-corrected chi connectivity index (χ3v) is 1.19. The monoisotopic (exact) mass is 214 g/mol. The first kappa shape index (κ1) is 19.6. The molecule has 0 bridgehead atoms. The highest BCUT2D eigenvalue weighted by atomic mass is 14.9. The smallest absolute Gasteiger partial charge is 0.0199 e. The first-order chi connectivity index (χ1) is 6.54. The topological polar surface area (TPSA) is 24.1 Å². The minimum absolute atomic E-state index is 0. The normalized spacial score (nSPS) is 10.1. The zero-order valence-electron chi connectivity index (χ0n) is 10.5. The van der Waals surface area contributed by atoms with Crippen molar-refractivity contribution in [2.75, 3.05) is 0 Å². The Hall–Kier alpha value is -0.920. The van der Waals surface area contributed by atoms with E-state index in [-0.39, 0.29) is 7.43 Å². The van der Waals surface area contributed by atoms with Crippen molar-refractivity contribution in [1.29, 1.82) is 0 Å². The van der Waals surface area contributed by atoms with Crippen molar-refractivity contribution in [1.82, 2.24) is 10.6 Å². The van der Waals surface area contributed by atoms with E-state index in [0.717, 1.165) is 0 Å². The molecule has 0 saturated carbocycles. The van der Waals surface area contributed by atoms with Crippen LogP contribution in [-0.2, 0) is 0 Å². The lowest BCUT2D eigenvalue weighted by atomic mass is 10.4. The first-order valence-electron chi connectivity index (χ1n) is 5.29. The van der Waals surface area contributed by atoms with Crippen LogP contribution in [0, 0.1) is 0 Å². The van der Waals surface area contributed by atoms with Gasteiger partial charge in [-0.15, -0.1) is 0 Å². The molecule has 2 heteroatoms. The Balaban J connectivity index is -0.000000180. The Morgan fingerprint density at radius 1 is 0.733 bits per heavy atom. The summed E-state index contributed by atoms with van der Waals surface area (Å²) in [5, 5.41) is 6.23. The van der Waals surface area contributed by atoms with Crippen LogP contribution in [0.15, 0.2) is 24.6 Å². The van der Waals surface area contributed by atoms with E-state index < -0.39 is 0 Å². The number of allylic oxidation sites excluding steroid dienone is 2. The van der Waals surface area contributed by atoms with E-state index in [9.17, 15) is 0 Å². The Morgan fingerprint density at radius 3 is 1.07 bits per heavy atom. The van der Waals surface area contributed by atoms with Gasteiger partial charge < -0.3 is 10.6 Å². The third-order valence-electron chi connectivity index (χ3n) is 1.19. The fraction of sp³-hybridized carbons (Fsp3) is 0.692. The predicted molar refractivity (Wildman–Crippen MR) is 72.9 cm³/mol. The highest BCUT2D eigenvalue weighted by Crippen LogP contribution is 1.74. The minimum atomic E-state index is 0. The Morgan fingerprint density at radius 2 is 1.00 bits per heavy atom. The van der Waals surface area contributed by atoms with Gasteiger partial charge in [-0.05, 0) is 53.9 Å². The van der Waals surface area contributed by atoms with Crippen molar-refractivity contribution in [2.24, 2.45) is 0 Å². The van der Waals surface area contributed by atoms with Gasteiger partial charge in [-0.25, -0.2) is 0 Å². The molecule has 0 heterocycles. The number of nitrogens with one attached hydrogen (secondary N) is 2. The van der Waals surface area contributed by atoms with Crippen LogP contribution in [0.2, 0.25) is 0 Å². The fourth-order valence-electron chi connectivity index (χ4n) is 0.577. The summed E-state index contributed by atoms with van der Waals surface area (Å²) in [6, 6.07) is 1.13. The summed E-state index contributed by atoms with van der Waals surface area (Å²) >= 11 is 0. The molecular formula is C13H30N2. The molecule has 0 amide bonds. The van der Waals surface area contributed by atoms with Crippen molar-refractivity contribution < 1.29 is 0 Å². The average Bonchev–Trinajstić information content (AvgIpc) is 2.12. The van der Waals surface area contributed by atoms with Crippen LogP contribution >= 0.6 is 0 Å². The Kier molecular flexibility index (Phi) is 20.3. The average molecular weight is 214 g/mol. The molecule has 0 atom stereocenters. The second-order valence-electron chi connectivity index (χ2n) is 3.64. The quantitative estimate of drug-likeness (QED) is 0.746. The molecule has 0 saturated heterocycles. The summed E-state index contributed by atoms with van der Waals surface area (Å²) in [6.45, 7) is 12.4. The van der Waals surface area contributed by atoms with Gasteiger partial charge in [0.2, 0.25) is 0 Å². The second-order valence-corrected chi connectivity index (χ2v) is 3.64. The van der Waals surface area contributed by atoms with Gasteiger partial charge in [0.15, 0.2) is 0 Å². The van der Waals surface area contributed by atoms with Gasteiger partial charge in [-0.1, -0.05) is 19.6 Å². The molecule has 2 nitrogen and oxygen atoms in total. The van der Waals surface area contributed by atoms with Gasteiger partial charge in [-0.2, -0.15) is 0 Å². The maximum atomic E-state index is 3.11. The van der Waals surface area contributed by atoms with Crippen LogP contribution in [-0.4, -0.2) is 12.1 Å². The third kappa shape index (κ3) is 32.0. The van der Waals surface area contributed by atoms with E-state index in [4.69, 9.17) is 0 Å². The van der Waals surface area contributed by atoms with Gasteiger partial charge in [0.05, 0.1) is 0 Å².